The van der Waals surface area contributed by atoms with Crippen LogP contribution in [0.1, 0.15) is 45.4 Å². The van der Waals surface area contributed by atoms with E-state index in [1.165, 1.54) is 7.11 Å². The van der Waals surface area contributed by atoms with Crippen LogP contribution in [-0.2, 0) is 14.8 Å². The molecule has 7 heteroatoms. The molecule has 3 aromatic carbocycles. The summed E-state index contributed by atoms with van der Waals surface area (Å²) in [6.45, 7) is 1.96. The van der Waals surface area contributed by atoms with E-state index < -0.39 is 10.0 Å². The SMILES string of the molecule is COC(=O)c1ccc(C2Nc3ccc(S(=O)(=O)Nc4ccc(C)cc4)cc3C3C=CCC32)cc1. The van der Waals surface area contributed by atoms with Gasteiger partial charge in [-0.25, -0.2) is 13.2 Å². The smallest absolute Gasteiger partial charge is 0.337 e. The van der Waals surface area contributed by atoms with Crippen molar-refractivity contribution in [3.8, 4) is 0 Å². The van der Waals surface area contributed by atoms with Crippen LogP contribution in [0.25, 0.3) is 0 Å². The molecule has 3 atom stereocenters. The van der Waals surface area contributed by atoms with E-state index in [-0.39, 0.29) is 28.7 Å². The molecule has 174 valence electrons. The monoisotopic (exact) mass is 474 g/mol. The summed E-state index contributed by atoms with van der Waals surface area (Å²) in [6, 6.07) is 20.1. The van der Waals surface area contributed by atoms with E-state index in [1.54, 1.807) is 36.4 Å². The number of aryl methyl sites for hydroxylation is 1. The van der Waals surface area contributed by atoms with Crippen LogP contribution in [0.15, 0.2) is 83.8 Å². The summed E-state index contributed by atoms with van der Waals surface area (Å²) < 4.78 is 33.6. The van der Waals surface area contributed by atoms with E-state index in [0.717, 1.165) is 28.8 Å². The number of benzene rings is 3. The first kappa shape index (κ1) is 22.2. The molecule has 2 aliphatic rings. The highest BCUT2D eigenvalue weighted by Gasteiger charge is 2.38. The number of sulfonamides is 1. The van der Waals surface area contributed by atoms with Crippen molar-refractivity contribution in [3.63, 3.8) is 0 Å². The second-order valence-corrected chi connectivity index (χ2v) is 10.5. The maximum Gasteiger partial charge on any atom is 0.337 e. The molecule has 1 aliphatic carbocycles. The normalized spacial score (nSPS) is 20.7. The fourth-order valence-electron chi connectivity index (χ4n) is 4.85. The second kappa shape index (κ2) is 8.65. The Morgan fingerprint density at radius 2 is 1.76 bits per heavy atom. The van der Waals surface area contributed by atoms with Crippen LogP contribution in [0.3, 0.4) is 0 Å². The Morgan fingerprint density at radius 1 is 1.03 bits per heavy atom. The third kappa shape index (κ3) is 4.07. The molecule has 0 saturated carbocycles. The fraction of sp³-hybridized carbons (Fsp3) is 0.222. The Morgan fingerprint density at radius 3 is 2.47 bits per heavy atom. The van der Waals surface area contributed by atoms with Crippen LogP contribution in [0.2, 0.25) is 0 Å². The quantitative estimate of drug-likeness (QED) is 0.382. The van der Waals surface area contributed by atoms with Gasteiger partial charge in [-0.15, -0.1) is 0 Å². The van der Waals surface area contributed by atoms with Crippen molar-refractivity contribution in [1.29, 1.82) is 0 Å². The van der Waals surface area contributed by atoms with Gasteiger partial charge in [0.15, 0.2) is 0 Å². The number of hydrogen-bond donors (Lipinski definition) is 2. The number of fused-ring (bicyclic) bond motifs is 3. The molecule has 0 fully saturated rings. The summed E-state index contributed by atoms with van der Waals surface area (Å²) in [5.74, 6) is -0.00237. The number of carbonyl (C=O) groups excluding carboxylic acids is 1. The van der Waals surface area contributed by atoms with Crippen LogP contribution < -0.4 is 10.0 Å². The summed E-state index contributed by atoms with van der Waals surface area (Å²) in [6.07, 6.45) is 5.22. The Labute approximate surface area is 199 Å². The molecule has 1 aliphatic heterocycles. The lowest BCUT2D eigenvalue weighted by Crippen LogP contribution is -2.29. The molecule has 3 unspecified atom stereocenters. The van der Waals surface area contributed by atoms with Crippen LogP contribution >= 0.6 is 0 Å². The molecule has 2 N–H and O–H groups in total. The highest BCUT2D eigenvalue weighted by atomic mass is 32.2. The second-order valence-electron chi connectivity index (χ2n) is 8.81. The molecule has 3 aromatic rings. The van der Waals surface area contributed by atoms with Crippen molar-refractivity contribution in [3.05, 3.63) is 101 Å². The number of ether oxygens (including phenoxy) is 1. The van der Waals surface area contributed by atoms with Gasteiger partial charge in [0.25, 0.3) is 10.0 Å². The number of esters is 1. The van der Waals surface area contributed by atoms with Crippen molar-refractivity contribution in [2.45, 2.75) is 30.2 Å². The molecule has 6 nitrogen and oxygen atoms in total. The predicted octanol–water partition coefficient (Wildman–Crippen LogP) is 5.41. The maximum absolute atomic E-state index is 13.1. The number of allylic oxidation sites excluding steroid dienone is 2. The lowest BCUT2D eigenvalue weighted by atomic mass is 9.77. The molecular weight excluding hydrogens is 448 g/mol. The van der Waals surface area contributed by atoms with Gasteiger partial charge in [0.05, 0.1) is 23.6 Å². The Hall–Kier alpha value is -3.58. The molecule has 1 heterocycles. The van der Waals surface area contributed by atoms with E-state index in [1.807, 2.05) is 37.3 Å². The highest BCUT2D eigenvalue weighted by molar-refractivity contribution is 7.92. The molecule has 0 spiro atoms. The van der Waals surface area contributed by atoms with Crippen molar-refractivity contribution in [2.24, 2.45) is 5.92 Å². The van der Waals surface area contributed by atoms with Gasteiger partial charge in [0.1, 0.15) is 0 Å². The molecule has 0 radical (unpaired) electrons. The van der Waals surface area contributed by atoms with E-state index in [2.05, 4.69) is 22.2 Å². The molecule has 5 rings (SSSR count). The van der Waals surface area contributed by atoms with Gasteiger partial charge in [-0.1, -0.05) is 42.0 Å². The van der Waals surface area contributed by atoms with Gasteiger partial charge < -0.3 is 10.1 Å². The van der Waals surface area contributed by atoms with Gasteiger partial charge in [-0.05, 0) is 72.9 Å². The van der Waals surface area contributed by atoms with Crippen molar-refractivity contribution in [2.75, 3.05) is 17.1 Å². The minimum Gasteiger partial charge on any atom is -0.465 e. The molecule has 0 aromatic heterocycles. The minimum atomic E-state index is -3.72. The number of methoxy groups -OCH3 is 1. The summed E-state index contributed by atoms with van der Waals surface area (Å²) in [4.78, 5) is 12.0. The largest absolute Gasteiger partial charge is 0.465 e. The van der Waals surface area contributed by atoms with Crippen LogP contribution in [0.5, 0.6) is 0 Å². The van der Waals surface area contributed by atoms with Crippen molar-refractivity contribution in [1.82, 2.24) is 0 Å². The van der Waals surface area contributed by atoms with Crippen molar-refractivity contribution >= 4 is 27.4 Å². The van der Waals surface area contributed by atoms with Crippen LogP contribution in [-0.4, -0.2) is 21.5 Å². The zero-order chi connectivity index (χ0) is 23.9. The van der Waals surface area contributed by atoms with E-state index in [0.29, 0.717) is 11.3 Å². The molecule has 0 saturated heterocycles. The summed E-state index contributed by atoms with van der Waals surface area (Å²) in [7, 11) is -2.34. The van der Waals surface area contributed by atoms with Crippen LogP contribution in [0.4, 0.5) is 11.4 Å². The average molecular weight is 475 g/mol. The van der Waals surface area contributed by atoms with Gasteiger partial charge >= 0.3 is 5.97 Å². The molecular formula is C27H26N2O4S. The maximum atomic E-state index is 13.1. The Kier molecular flexibility index (Phi) is 5.65. The number of rotatable bonds is 5. The minimum absolute atomic E-state index is 0.0485. The third-order valence-corrected chi connectivity index (χ3v) is 8.02. The standard InChI is InChI=1S/C27H26N2O4S/c1-17-6-12-20(13-7-17)29-34(31,32)21-14-15-25-24(16-21)22-4-3-5-23(22)26(28-25)18-8-10-19(11-9-18)27(30)33-2/h3-4,6-16,22-23,26,28-29H,5H2,1-2H3. The number of anilines is 2. The van der Waals surface area contributed by atoms with Gasteiger partial charge in [0.2, 0.25) is 0 Å². The van der Waals surface area contributed by atoms with E-state index in [4.69, 9.17) is 4.74 Å². The molecule has 0 amide bonds. The van der Waals surface area contributed by atoms with Gasteiger partial charge in [-0.3, -0.25) is 4.72 Å². The van der Waals surface area contributed by atoms with E-state index >= 15 is 0 Å². The van der Waals surface area contributed by atoms with Gasteiger partial charge in [0, 0.05) is 17.3 Å². The average Bonchev–Trinajstić information content (AvgIpc) is 3.34. The Balaban J connectivity index is 1.44. The molecule has 0 bridgehead atoms. The zero-order valence-corrected chi connectivity index (χ0v) is 19.8. The third-order valence-electron chi connectivity index (χ3n) is 6.64. The number of hydrogen-bond acceptors (Lipinski definition) is 5. The first-order valence-corrected chi connectivity index (χ1v) is 12.7. The topological polar surface area (TPSA) is 84.5 Å². The number of nitrogens with one attached hydrogen (secondary N) is 2. The lowest BCUT2D eigenvalue weighted by Gasteiger charge is -2.37. The van der Waals surface area contributed by atoms with Crippen molar-refractivity contribution < 1.29 is 17.9 Å². The molecule has 34 heavy (non-hydrogen) atoms. The summed E-state index contributed by atoms with van der Waals surface area (Å²) in [5, 5.41) is 3.61. The summed E-state index contributed by atoms with van der Waals surface area (Å²) >= 11 is 0. The van der Waals surface area contributed by atoms with Gasteiger partial charge in [-0.2, -0.15) is 0 Å². The Bertz CT molecular complexity index is 1360. The zero-order valence-electron chi connectivity index (χ0n) is 19.0. The lowest BCUT2D eigenvalue weighted by molar-refractivity contribution is 0.0600. The van der Waals surface area contributed by atoms with Crippen LogP contribution in [0, 0.1) is 12.8 Å². The summed E-state index contributed by atoms with van der Waals surface area (Å²) in [5.41, 5.74) is 5.10. The highest BCUT2D eigenvalue weighted by Crippen LogP contribution is 2.50. The predicted molar refractivity (Wildman–Crippen MR) is 133 cm³/mol. The first-order chi connectivity index (χ1) is 16.4. The first-order valence-electron chi connectivity index (χ1n) is 11.2. The number of carbonyl (C=O) groups is 1. The van der Waals surface area contributed by atoms with E-state index in [9.17, 15) is 13.2 Å². The fourth-order valence-corrected chi connectivity index (χ4v) is 5.94.